The minimum atomic E-state index is -0.248. The Bertz CT molecular complexity index is 520. The minimum Gasteiger partial charge on any atom is -0.232 e. The number of terminal acetylenes is 1. The summed E-state index contributed by atoms with van der Waals surface area (Å²) in [5.41, 5.74) is 1.54. The van der Waals surface area contributed by atoms with Crippen molar-refractivity contribution in [1.29, 1.82) is 0 Å². The molecular formula is C12H8FNS. The largest absolute Gasteiger partial charge is 0.232 e. The second-order valence-corrected chi connectivity index (χ2v) is 4.27. The second kappa shape index (κ2) is 3.84. The normalized spacial score (nSPS) is 9.93. The molecule has 2 rings (SSSR count). The molecule has 15 heavy (non-hydrogen) atoms. The lowest BCUT2D eigenvalue weighted by Crippen LogP contribution is -1.80. The fraction of sp³-hybridized carbons (Fsp3) is 0.0833. The van der Waals surface area contributed by atoms with Crippen molar-refractivity contribution in [2.24, 2.45) is 0 Å². The average molecular weight is 217 g/mol. The molecule has 0 bridgehead atoms. The van der Waals surface area contributed by atoms with E-state index in [0.29, 0.717) is 5.69 Å². The lowest BCUT2D eigenvalue weighted by molar-refractivity contribution is 0.628. The Morgan fingerprint density at radius 1 is 1.33 bits per heavy atom. The van der Waals surface area contributed by atoms with Crippen LogP contribution in [0.2, 0.25) is 0 Å². The van der Waals surface area contributed by atoms with Gasteiger partial charge in [-0.2, -0.15) is 0 Å². The van der Waals surface area contributed by atoms with Crippen LogP contribution in [0.25, 0.3) is 10.4 Å². The molecule has 1 nitrogen and oxygen atoms in total. The number of halogens is 1. The Hall–Kier alpha value is -1.66. The fourth-order valence-corrected chi connectivity index (χ4v) is 2.21. The maximum absolute atomic E-state index is 12.7. The van der Waals surface area contributed by atoms with Crippen molar-refractivity contribution in [3.8, 4) is 22.8 Å². The Kier molecular flexibility index (Phi) is 2.53. The maximum atomic E-state index is 12.7. The first kappa shape index (κ1) is 9.88. The molecule has 0 saturated carbocycles. The first-order valence-corrected chi connectivity index (χ1v) is 5.22. The average Bonchev–Trinajstić information content (AvgIpc) is 2.61. The molecular weight excluding hydrogens is 209 g/mol. The first-order chi connectivity index (χ1) is 7.20. The predicted octanol–water partition coefficient (Wildman–Crippen LogP) is 3.24. The number of thiazole rings is 1. The van der Waals surface area contributed by atoms with Gasteiger partial charge in [-0.15, -0.1) is 17.8 Å². The molecule has 74 valence electrons. The van der Waals surface area contributed by atoms with E-state index in [1.807, 2.05) is 6.92 Å². The van der Waals surface area contributed by atoms with Gasteiger partial charge in [-0.1, -0.05) is 12.1 Å². The van der Waals surface area contributed by atoms with E-state index in [9.17, 15) is 4.39 Å². The van der Waals surface area contributed by atoms with Gasteiger partial charge in [0.2, 0.25) is 0 Å². The van der Waals surface area contributed by atoms with Crippen LogP contribution in [-0.4, -0.2) is 4.98 Å². The molecule has 1 aromatic carbocycles. The van der Waals surface area contributed by atoms with Crippen molar-refractivity contribution in [2.75, 3.05) is 0 Å². The van der Waals surface area contributed by atoms with E-state index in [1.165, 1.54) is 23.5 Å². The van der Waals surface area contributed by atoms with E-state index in [0.717, 1.165) is 15.4 Å². The SMILES string of the molecule is C#Cc1nc(C)sc1-c1ccc(F)cc1. The highest BCUT2D eigenvalue weighted by Crippen LogP contribution is 2.29. The van der Waals surface area contributed by atoms with Gasteiger partial charge in [0, 0.05) is 0 Å². The van der Waals surface area contributed by atoms with Crippen LogP contribution in [0.3, 0.4) is 0 Å². The smallest absolute Gasteiger partial charge is 0.132 e. The molecule has 0 radical (unpaired) electrons. The highest BCUT2D eigenvalue weighted by molar-refractivity contribution is 7.15. The summed E-state index contributed by atoms with van der Waals surface area (Å²) >= 11 is 1.52. The summed E-state index contributed by atoms with van der Waals surface area (Å²) in [6, 6.07) is 6.27. The lowest BCUT2D eigenvalue weighted by Gasteiger charge is -1.96. The van der Waals surface area contributed by atoms with E-state index in [2.05, 4.69) is 10.9 Å². The quantitative estimate of drug-likeness (QED) is 0.668. The topological polar surface area (TPSA) is 12.9 Å². The van der Waals surface area contributed by atoms with E-state index in [4.69, 9.17) is 6.42 Å². The summed E-state index contributed by atoms with van der Waals surface area (Å²) in [5.74, 6) is 2.29. The van der Waals surface area contributed by atoms with E-state index in [1.54, 1.807) is 12.1 Å². The van der Waals surface area contributed by atoms with Crippen molar-refractivity contribution < 1.29 is 4.39 Å². The zero-order valence-electron chi connectivity index (χ0n) is 8.12. The van der Waals surface area contributed by atoms with Gasteiger partial charge >= 0.3 is 0 Å². The molecule has 0 saturated heterocycles. The summed E-state index contributed by atoms with van der Waals surface area (Å²) < 4.78 is 12.7. The Balaban J connectivity index is 2.54. The number of aryl methyl sites for hydroxylation is 1. The van der Waals surface area contributed by atoms with Gasteiger partial charge in [0.15, 0.2) is 0 Å². The van der Waals surface area contributed by atoms with Crippen LogP contribution in [-0.2, 0) is 0 Å². The number of aromatic nitrogens is 1. The molecule has 0 aliphatic heterocycles. The fourth-order valence-electron chi connectivity index (χ4n) is 1.32. The molecule has 0 aliphatic carbocycles. The van der Waals surface area contributed by atoms with Crippen LogP contribution < -0.4 is 0 Å². The summed E-state index contributed by atoms with van der Waals surface area (Å²) in [4.78, 5) is 5.14. The zero-order chi connectivity index (χ0) is 10.8. The number of hydrogen-bond donors (Lipinski definition) is 0. The molecule has 2 aromatic rings. The summed E-state index contributed by atoms with van der Waals surface area (Å²) in [6.07, 6.45) is 5.35. The highest BCUT2D eigenvalue weighted by Gasteiger charge is 2.08. The third kappa shape index (κ3) is 1.90. The number of benzene rings is 1. The summed E-state index contributed by atoms with van der Waals surface area (Å²) in [7, 11) is 0. The molecule has 1 heterocycles. The van der Waals surface area contributed by atoms with Crippen LogP contribution in [0.5, 0.6) is 0 Å². The maximum Gasteiger partial charge on any atom is 0.132 e. The lowest BCUT2D eigenvalue weighted by atomic mass is 10.1. The van der Waals surface area contributed by atoms with Crippen molar-refractivity contribution in [3.63, 3.8) is 0 Å². The van der Waals surface area contributed by atoms with Gasteiger partial charge in [-0.3, -0.25) is 0 Å². The third-order valence-corrected chi connectivity index (χ3v) is 3.00. The van der Waals surface area contributed by atoms with Crippen LogP contribution in [0.15, 0.2) is 24.3 Å². The Morgan fingerprint density at radius 3 is 2.60 bits per heavy atom. The molecule has 0 fully saturated rings. The number of hydrogen-bond acceptors (Lipinski definition) is 2. The van der Waals surface area contributed by atoms with E-state index >= 15 is 0 Å². The summed E-state index contributed by atoms with van der Waals surface area (Å²) in [5, 5.41) is 0.919. The van der Waals surface area contributed by atoms with Crippen LogP contribution in [0, 0.1) is 25.1 Å². The standard InChI is InChI=1S/C12H8FNS/c1-3-11-12(15-8(2)14-11)9-4-6-10(13)7-5-9/h1,4-7H,2H3. The van der Waals surface area contributed by atoms with Gasteiger partial charge in [0.25, 0.3) is 0 Å². The van der Waals surface area contributed by atoms with E-state index in [-0.39, 0.29) is 5.82 Å². The van der Waals surface area contributed by atoms with Crippen molar-refractivity contribution in [1.82, 2.24) is 4.98 Å². The van der Waals surface area contributed by atoms with Crippen molar-refractivity contribution in [2.45, 2.75) is 6.92 Å². The Morgan fingerprint density at radius 2 is 2.00 bits per heavy atom. The minimum absolute atomic E-state index is 0.248. The molecule has 3 heteroatoms. The molecule has 0 atom stereocenters. The van der Waals surface area contributed by atoms with Gasteiger partial charge in [0.1, 0.15) is 11.5 Å². The third-order valence-electron chi connectivity index (χ3n) is 1.98. The highest BCUT2D eigenvalue weighted by atomic mass is 32.1. The monoisotopic (exact) mass is 217 g/mol. The van der Waals surface area contributed by atoms with Crippen LogP contribution in [0.1, 0.15) is 10.7 Å². The van der Waals surface area contributed by atoms with Crippen molar-refractivity contribution >= 4 is 11.3 Å². The Labute approximate surface area is 91.6 Å². The molecule has 0 N–H and O–H groups in total. The van der Waals surface area contributed by atoms with Crippen molar-refractivity contribution in [3.05, 3.63) is 40.8 Å². The number of nitrogens with zero attached hydrogens (tertiary/aromatic N) is 1. The van der Waals surface area contributed by atoms with Gasteiger partial charge in [-0.25, -0.2) is 9.37 Å². The first-order valence-electron chi connectivity index (χ1n) is 4.40. The van der Waals surface area contributed by atoms with Crippen LogP contribution in [0.4, 0.5) is 4.39 Å². The molecule has 0 amide bonds. The van der Waals surface area contributed by atoms with Gasteiger partial charge < -0.3 is 0 Å². The number of rotatable bonds is 1. The molecule has 0 spiro atoms. The summed E-state index contributed by atoms with van der Waals surface area (Å²) in [6.45, 7) is 1.90. The van der Waals surface area contributed by atoms with E-state index < -0.39 is 0 Å². The molecule has 0 aliphatic rings. The zero-order valence-corrected chi connectivity index (χ0v) is 8.94. The second-order valence-electron chi connectivity index (χ2n) is 3.06. The molecule has 0 unspecified atom stereocenters. The molecule has 1 aromatic heterocycles. The van der Waals surface area contributed by atoms with Crippen LogP contribution >= 0.6 is 11.3 Å². The predicted molar refractivity (Wildman–Crippen MR) is 60.2 cm³/mol. The van der Waals surface area contributed by atoms with Gasteiger partial charge in [-0.05, 0) is 30.5 Å². The van der Waals surface area contributed by atoms with Gasteiger partial charge in [0.05, 0.1) is 9.88 Å².